The summed E-state index contributed by atoms with van der Waals surface area (Å²) >= 11 is 9.69. The van der Waals surface area contributed by atoms with Crippen molar-refractivity contribution < 1.29 is 9.18 Å². The van der Waals surface area contributed by atoms with Gasteiger partial charge in [0.25, 0.3) is 0 Å². The van der Waals surface area contributed by atoms with Crippen molar-refractivity contribution in [3.63, 3.8) is 0 Å². The van der Waals surface area contributed by atoms with E-state index in [9.17, 15) is 9.18 Å². The molecular formula is C19H19BrClFN2O. The van der Waals surface area contributed by atoms with Crippen molar-refractivity contribution in [3.05, 3.63) is 64.9 Å². The van der Waals surface area contributed by atoms with Gasteiger partial charge in [0, 0.05) is 36.9 Å². The summed E-state index contributed by atoms with van der Waals surface area (Å²) in [5.41, 5.74) is 1.95. The number of hydrogen-bond donors (Lipinski definition) is 0. The van der Waals surface area contributed by atoms with Gasteiger partial charge in [-0.3, -0.25) is 4.79 Å². The molecule has 1 aliphatic heterocycles. The normalized spacial score (nSPS) is 16.0. The van der Waals surface area contributed by atoms with Gasteiger partial charge in [0.1, 0.15) is 5.82 Å². The van der Waals surface area contributed by atoms with E-state index in [4.69, 9.17) is 11.6 Å². The van der Waals surface area contributed by atoms with Gasteiger partial charge in [0.05, 0.1) is 4.83 Å². The van der Waals surface area contributed by atoms with Crippen LogP contribution in [0.2, 0.25) is 5.02 Å². The Kier molecular flexibility index (Phi) is 5.97. The van der Waals surface area contributed by atoms with E-state index in [-0.39, 0.29) is 16.6 Å². The number of alkyl halides is 1. The second-order valence-electron chi connectivity index (χ2n) is 6.05. The molecule has 1 heterocycles. The zero-order chi connectivity index (χ0) is 17.8. The average molecular weight is 426 g/mol. The van der Waals surface area contributed by atoms with Gasteiger partial charge in [0.15, 0.2) is 0 Å². The number of nitrogens with zero attached hydrogens (tertiary/aromatic N) is 2. The second kappa shape index (κ2) is 8.19. The Morgan fingerprint density at radius 1 is 1.08 bits per heavy atom. The first kappa shape index (κ1) is 18.2. The first-order valence-electron chi connectivity index (χ1n) is 8.21. The molecule has 2 aromatic rings. The molecule has 0 N–H and O–H groups in total. The topological polar surface area (TPSA) is 23.6 Å². The molecule has 1 atom stereocenters. The number of halogens is 3. The number of carbonyl (C=O) groups is 1. The van der Waals surface area contributed by atoms with E-state index in [2.05, 4.69) is 20.8 Å². The predicted molar refractivity (Wildman–Crippen MR) is 103 cm³/mol. The Morgan fingerprint density at radius 2 is 1.72 bits per heavy atom. The highest BCUT2D eigenvalue weighted by Gasteiger charge is 2.26. The van der Waals surface area contributed by atoms with Crippen LogP contribution >= 0.6 is 27.5 Å². The summed E-state index contributed by atoms with van der Waals surface area (Å²) in [5, 5.41) is 0.681. The standard InChI is InChI=1S/C19H19BrClFN2O/c20-17(13-14-3-1-2-4-18(14)21)19(25)24-11-9-23(10-12-24)16-7-5-15(22)6-8-16/h1-8,17H,9-13H2. The summed E-state index contributed by atoms with van der Waals surface area (Å²) in [6.07, 6.45) is 0.566. The molecule has 2 aromatic carbocycles. The van der Waals surface area contributed by atoms with Crippen LogP contribution in [0.3, 0.4) is 0 Å². The number of amides is 1. The van der Waals surface area contributed by atoms with Crippen molar-refractivity contribution in [1.82, 2.24) is 4.90 Å². The first-order valence-corrected chi connectivity index (χ1v) is 9.51. The smallest absolute Gasteiger partial charge is 0.236 e. The third-order valence-corrected chi connectivity index (χ3v) is 5.49. The highest BCUT2D eigenvalue weighted by atomic mass is 79.9. The quantitative estimate of drug-likeness (QED) is 0.688. The third kappa shape index (κ3) is 4.53. The van der Waals surface area contributed by atoms with E-state index < -0.39 is 0 Å². The summed E-state index contributed by atoms with van der Waals surface area (Å²) in [6.45, 7) is 2.79. The summed E-state index contributed by atoms with van der Waals surface area (Å²) in [4.78, 5) is 16.4. The van der Waals surface area contributed by atoms with Crippen LogP contribution in [-0.4, -0.2) is 41.8 Å². The van der Waals surface area contributed by atoms with Crippen LogP contribution in [0.5, 0.6) is 0 Å². The van der Waals surface area contributed by atoms with Crippen LogP contribution in [0.4, 0.5) is 10.1 Å². The van der Waals surface area contributed by atoms with E-state index in [0.717, 1.165) is 24.3 Å². The molecule has 3 nitrogen and oxygen atoms in total. The van der Waals surface area contributed by atoms with Crippen molar-refractivity contribution in [2.75, 3.05) is 31.1 Å². The van der Waals surface area contributed by atoms with Gasteiger partial charge in [-0.15, -0.1) is 0 Å². The maximum absolute atomic E-state index is 13.0. The van der Waals surface area contributed by atoms with E-state index in [1.807, 2.05) is 29.2 Å². The molecule has 0 spiro atoms. The number of benzene rings is 2. The Morgan fingerprint density at radius 3 is 2.36 bits per heavy atom. The average Bonchev–Trinajstić information content (AvgIpc) is 2.64. The molecule has 3 rings (SSSR count). The minimum absolute atomic E-state index is 0.0821. The zero-order valence-corrected chi connectivity index (χ0v) is 16.0. The summed E-state index contributed by atoms with van der Waals surface area (Å²) in [6, 6.07) is 14.1. The van der Waals surface area contributed by atoms with Crippen molar-refractivity contribution in [2.24, 2.45) is 0 Å². The van der Waals surface area contributed by atoms with Crippen LogP contribution < -0.4 is 4.90 Å². The minimum atomic E-state index is -0.287. The Hall–Kier alpha value is -1.59. The fourth-order valence-electron chi connectivity index (χ4n) is 2.98. The molecule has 1 amide bonds. The van der Waals surface area contributed by atoms with Crippen LogP contribution in [0.25, 0.3) is 0 Å². The van der Waals surface area contributed by atoms with Crippen LogP contribution in [0, 0.1) is 5.82 Å². The number of rotatable bonds is 4. The van der Waals surface area contributed by atoms with Crippen molar-refractivity contribution in [1.29, 1.82) is 0 Å². The van der Waals surface area contributed by atoms with Crippen LogP contribution in [0.1, 0.15) is 5.56 Å². The highest BCUT2D eigenvalue weighted by Crippen LogP contribution is 2.22. The second-order valence-corrected chi connectivity index (χ2v) is 7.56. The molecule has 0 bridgehead atoms. The molecule has 1 saturated heterocycles. The lowest BCUT2D eigenvalue weighted by atomic mass is 10.1. The Bertz CT molecular complexity index is 732. The number of anilines is 1. The summed E-state index contributed by atoms with van der Waals surface area (Å²) in [5.74, 6) is -0.155. The van der Waals surface area contributed by atoms with Crippen LogP contribution in [-0.2, 0) is 11.2 Å². The van der Waals surface area contributed by atoms with Gasteiger partial charge in [0.2, 0.25) is 5.91 Å². The summed E-state index contributed by atoms with van der Waals surface area (Å²) in [7, 11) is 0. The van der Waals surface area contributed by atoms with Gasteiger partial charge in [-0.2, -0.15) is 0 Å². The monoisotopic (exact) mass is 424 g/mol. The molecule has 132 valence electrons. The molecule has 1 unspecified atom stereocenters. The molecular weight excluding hydrogens is 407 g/mol. The summed E-state index contributed by atoms with van der Waals surface area (Å²) < 4.78 is 13.0. The Balaban J connectivity index is 1.56. The molecule has 0 saturated carbocycles. The van der Waals surface area contributed by atoms with E-state index >= 15 is 0 Å². The lowest BCUT2D eigenvalue weighted by Crippen LogP contribution is -2.51. The molecule has 25 heavy (non-hydrogen) atoms. The van der Waals surface area contributed by atoms with Crippen molar-refractivity contribution in [2.45, 2.75) is 11.2 Å². The van der Waals surface area contributed by atoms with Gasteiger partial charge >= 0.3 is 0 Å². The van der Waals surface area contributed by atoms with E-state index in [1.165, 1.54) is 12.1 Å². The maximum Gasteiger partial charge on any atom is 0.236 e. The molecule has 0 radical (unpaired) electrons. The molecule has 0 aliphatic carbocycles. The van der Waals surface area contributed by atoms with E-state index in [1.54, 1.807) is 12.1 Å². The molecule has 1 fully saturated rings. The van der Waals surface area contributed by atoms with Gasteiger partial charge in [-0.25, -0.2) is 4.39 Å². The number of piperazine rings is 1. The van der Waals surface area contributed by atoms with Crippen molar-refractivity contribution >= 4 is 39.1 Å². The van der Waals surface area contributed by atoms with Gasteiger partial charge in [-0.05, 0) is 42.3 Å². The minimum Gasteiger partial charge on any atom is -0.368 e. The Labute approximate surface area is 160 Å². The lowest BCUT2D eigenvalue weighted by Gasteiger charge is -2.37. The molecule has 1 aliphatic rings. The van der Waals surface area contributed by atoms with Gasteiger partial charge in [-0.1, -0.05) is 45.7 Å². The first-order chi connectivity index (χ1) is 12.0. The fraction of sp³-hybridized carbons (Fsp3) is 0.316. The molecule has 0 aromatic heterocycles. The maximum atomic E-state index is 13.0. The predicted octanol–water partition coefficient (Wildman–Crippen LogP) is 4.13. The van der Waals surface area contributed by atoms with Gasteiger partial charge < -0.3 is 9.80 Å². The third-order valence-electron chi connectivity index (χ3n) is 4.41. The lowest BCUT2D eigenvalue weighted by molar-refractivity contribution is -0.130. The largest absolute Gasteiger partial charge is 0.368 e. The van der Waals surface area contributed by atoms with Crippen molar-refractivity contribution in [3.8, 4) is 0 Å². The molecule has 6 heteroatoms. The SMILES string of the molecule is O=C(C(Br)Cc1ccccc1Cl)N1CCN(c2ccc(F)cc2)CC1. The number of hydrogen-bond acceptors (Lipinski definition) is 2. The number of carbonyl (C=O) groups excluding carboxylic acids is 1. The zero-order valence-electron chi connectivity index (χ0n) is 13.7. The fourth-order valence-corrected chi connectivity index (χ4v) is 3.83. The van der Waals surface area contributed by atoms with E-state index in [0.29, 0.717) is 24.5 Å². The van der Waals surface area contributed by atoms with Crippen LogP contribution in [0.15, 0.2) is 48.5 Å². The highest BCUT2D eigenvalue weighted by molar-refractivity contribution is 9.10.